The lowest BCUT2D eigenvalue weighted by atomic mass is 9.55. The third-order valence-electron chi connectivity index (χ3n) is 13.5. The molecule has 0 heterocycles. The predicted octanol–water partition coefficient (Wildman–Crippen LogP) is 7.91. The Kier molecular flexibility index (Phi) is 5.64. The number of aliphatic hydroxyl groups is 2. The van der Waals surface area contributed by atoms with Crippen LogP contribution in [0.5, 0.6) is 11.5 Å². The second-order valence-electron chi connectivity index (χ2n) is 14.9. The van der Waals surface area contributed by atoms with E-state index < -0.39 is 0 Å². The topological polar surface area (TPSA) is 49.7 Å². The molecule has 6 aliphatic carbocycles. The summed E-state index contributed by atoms with van der Waals surface area (Å²) in [6, 6.07) is 13.8. The van der Waals surface area contributed by atoms with Gasteiger partial charge in [0.25, 0.3) is 0 Å². The van der Waals surface area contributed by atoms with Crippen molar-refractivity contribution < 1.29 is 14.9 Å². The first-order chi connectivity index (χ1) is 18.8. The molecule has 10 atom stereocenters. The van der Waals surface area contributed by atoms with Gasteiger partial charge in [-0.2, -0.15) is 0 Å². The average molecular weight is 527 g/mol. The molecule has 0 saturated heterocycles. The predicted molar refractivity (Wildman–Crippen MR) is 154 cm³/mol. The van der Waals surface area contributed by atoms with E-state index in [1.165, 1.54) is 49.7 Å². The standard InChI is InChI=1S/C36H46O3/c1-35-17-15-27-25-9-5-23(19-21(25)3-7-29(27)31(35)11-13-33(35)37)39-24-6-10-26-22(20-24)4-8-30-28(26)16-18-36(2)32(30)12-14-34(36)38/h5-6,9-10,19-20,27-34,37-38H,3-4,7-8,11-18H2,1-2H3/t27?,28?,29?,30?,31?,32?,33-,34-,35-,36-/m0/s1. The highest BCUT2D eigenvalue weighted by Crippen LogP contribution is 2.62. The zero-order valence-corrected chi connectivity index (χ0v) is 23.9. The molecule has 2 aromatic carbocycles. The third kappa shape index (κ3) is 3.61. The van der Waals surface area contributed by atoms with Crippen LogP contribution in [-0.4, -0.2) is 22.4 Å². The summed E-state index contributed by atoms with van der Waals surface area (Å²) in [7, 11) is 0. The first-order valence-electron chi connectivity index (χ1n) is 16.1. The maximum absolute atomic E-state index is 10.7. The minimum absolute atomic E-state index is 0.1000. The lowest BCUT2D eigenvalue weighted by Gasteiger charge is -2.50. The van der Waals surface area contributed by atoms with Crippen LogP contribution in [-0.2, 0) is 12.8 Å². The van der Waals surface area contributed by atoms with Gasteiger partial charge in [-0.1, -0.05) is 26.0 Å². The Labute approximate surface area is 234 Å². The Balaban J connectivity index is 1.00. The highest BCUT2D eigenvalue weighted by atomic mass is 16.5. The fraction of sp³-hybridized carbons (Fsp3) is 0.667. The SMILES string of the molecule is C[C@]12CCC3c4ccc(Oc5ccc6c(c5)CCC5C6CC[C@@]6(C)C5CC[C@@H]6O)cc4CCC3C1CC[C@@H]2O. The number of hydrogen-bond acceptors (Lipinski definition) is 3. The van der Waals surface area contributed by atoms with E-state index in [1.807, 2.05) is 0 Å². The van der Waals surface area contributed by atoms with Crippen LogP contribution >= 0.6 is 0 Å². The summed E-state index contributed by atoms with van der Waals surface area (Å²) in [6.07, 6.45) is 13.7. The largest absolute Gasteiger partial charge is 0.457 e. The van der Waals surface area contributed by atoms with E-state index in [0.29, 0.717) is 23.7 Å². The zero-order valence-electron chi connectivity index (χ0n) is 23.9. The molecule has 4 saturated carbocycles. The fourth-order valence-corrected chi connectivity index (χ4v) is 11.3. The Morgan fingerprint density at radius 1 is 0.615 bits per heavy atom. The monoisotopic (exact) mass is 526 g/mol. The van der Waals surface area contributed by atoms with Crippen molar-refractivity contribution in [3.8, 4) is 11.5 Å². The molecule has 0 spiro atoms. The number of aryl methyl sites for hydroxylation is 2. The molecule has 6 unspecified atom stereocenters. The van der Waals surface area contributed by atoms with Crippen molar-refractivity contribution in [1.29, 1.82) is 0 Å². The average Bonchev–Trinajstić information content (AvgIpc) is 3.42. The molecule has 8 rings (SSSR count). The second-order valence-corrected chi connectivity index (χ2v) is 14.9. The maximum atomic E-state index is 10.7. The van der Waals surface area contributed by atoms with Crippen LogP contribution in [0.15, 0.2) is 36.4 Å². The molecule has 4 fully saturated rings. The maximum Gasteiger partial charge on any atom is 0.127 e. The molecule has 0 aliphatic heterocycles. The Morgan fingerprint density at radius 3 is 1.54 bits per heavy atom. The van der Waals surface area contributed by atoms with Gasteiger partial charge in [-0.3, -0.25) is 0 Å². The molecule has 3 nitrogen and oxygen atoms in total. The summed E-state index contributed by atoms with van der Waals surface area (Å²) in [5.41, 5.74) is 6.37. The lowest BCUT2D eigenvalue weighted by Crippen LogP contribution is -2.43. The van der Waals surface area contributed by atoms with Gasteiger partial charge < -0.3 is 14.9 Å². The second kappa shape index (κ2) is 8.83. The van der Waals surface area contributed by atoms with E-state index in [2.05, 4.69) is 50.2 Å². The van der Waals surface area contributed by atoms with Crippen LogP contribution in [0.4, 0.5) is 0 Å². The van der Waals surface area contributed by atoms with Gasteiger partial charge in [0.2, 0.25) is 0 Å². The summed E-state index contributed by atoms with van der Waals surface area (Å²) in [5.74, 6) is 6.09. The van der Waals surface area contributed by atoms with Crippen LogP contribution < -0.4 is 4.74 Å². The van der Waals surface area contributed by atoms with Gasteiger partial charge in [0.15, 0.2) is 0 Å². The van der Waals surface area contributed by atoms with Crippen molar-refractivity contribution in [1.82, 2.24) is 0 Å². The van der Waals surface area contributed by atoms with Gasteiger partial charge in [-0.15, -0.1) is 0 Å². The van der Waals surface area contributed by atoms with E-state index >= 15 is 0 Å². The van der Waals surface area contributed by atoms with Crippen molar-refractivity contribution in [2.75, 3.05) is 0 Å². The van der Waals surface area contributed by atoms with Crippen LogP contribution in [0.1, 0.15) is 112 Å². The fourth-order valence-electron chi connectivity index (χ4n) is 11.3. The summed E-state index contributed by atoms with van der Waals surface area (Å²) in [4.78, 5) is 0. The van der Waals surface area contributed by atoms with Crippen LogP contribution in [0, 0.1) is 34.5 Å². The number of rotatable bonds is 2. The summed E-state index contributed by atoms with van der Waals surface area (Å²) in [5, 5.41) is 21.4. The molecule has 0 radical (unpaired) electrons. The highest BCUT2D eigenvalue weighted by Gasteiger charge is 2.55. The van der Waals surface area contributed by atoms with Crippen molar-refractivity contribution >= 4 is 0 Å². The van der Waals surface area contributed by atoms with Crippen LogP contribution in [0.3, 0.4) is 0 Å². The molecule has 2 aromatic rings. The minimum atomic E-state index is -0.1000. The van der Waals surface area contributed by atoms with Crippen molar-refractivity contribution in [3.05, 3.63) is 58.7 Å². The number of fused-ring (bicyclic) bond motifs is 10. The molecule has 0 aromatic heterocycles. The number of hydrogen-bond donors (Lipinski definition) is 2. The van der Waals surface area contributed by atoms with Crippen molar-refractivity contribution in [2.45, 2.75) is 115 Å². The molecule has 39 heavy (non-hydrogen) atoms. The normalized spacial score (nSPS) is 43.9. The van der Waals surface area contributed by atoms with E-state index in [1.54, 1.807) is 11.1 Å². The van der Waals surface area contributed by atoms with Crippen LogP contribution in [0.25, 0.3) is 0 Å². The number of aliphatic hydroxyl groups excluding tert-OH is 2. The first-order valence-corrected chi connectivity index (χ1v) is 16.1. The highest BCUT2D eigenvalue weighted by molar-refractivity contribution is 5.45. The quantitative estimate of drug-likeness (QED) is 0.418. The van der Waals surface area contributed by atoms with Crippen molar-refractivity contribution in [2.24, 2.45) is 34.5 Å². The van der Waals surface area contributed by atoms with E-state index in [4.69, 9.17) is 4.74 Å². The smallest absolute Gasteiger partial charge is 0.127 e. The molecule has 0 amide bonds. The number of ether oxygens (including phenoxy) is 1. The van der Waals surface area contributed by atoms with Crippen LogP contribution in [0.2, 0.25) is 0 Å². The minimum Gasteiger partial charge on any atom is -0.457 e. The van der Waals surface area contributed by atoms with E-state index in [9.17, 15) is 10.2 Å². The summed E-state index contributed by atoms with van der Waals surface area (Å²) < 4.78 is 6.52. The zero-order chi connectivity index (χ0) is 26.5. The Bertz CT molecular complexity index is 1190. The summed E-state index contributed by atoms with van der Waals surface area (Å²) in [6.45, 7) is 4.72. The van der Waals surface area contributed by atoms with Gasteiger partial charge >= 0.3 is 0 Å². The Morgan fingerprint density at radius 2 is 1.08 bits per heavy atom. The van der Waals surface area contributed by atoms with Crippen molar-refractivity contribution in [3.63, 3.8) is 0 Å². The molecule has 3 heteroatoms. The molecular weight excluding hydrogens is 480 g/mol. The van der Waals surface area contributed by atoms with Gasteiger partial charge in [-0.25, -0.2) is 0 Å². The van der Waals surface area contributed by atoms with Gasteiger partial charge in [0.1, 0.15) is 11.5 Å². The number of benzene rings is 2. The van der Waals surface area contributed by atoms with Gasteiger partial charge in [0, 0.05) is 0 Å². The molecule has 208 valence electrons. The van der Waals surface area contributed by atoms with Gasteiger partial charge in [-0.05, 0) is 170 Å². The molecule has 6 aliphatic rings. The molecule has 0 bridgehead atoms. The van der Waals surface area contributed by atoms with E-state index in [0.717, 1.165) is 61.9 Å². The molecule has 2 N–H and O–H groups in total. The first kappa shape index (κ1) is 24.9. The lowest BCUT2D eigenvalue weighted by molar-refractivity contribution is -0.0226. The third-order valence-corrected chi connectivity index (χ3v) is 13.5. The van der Waals surface area contributed by atoms with Gasteiger partial charge in [0.05, 0.1) is 12.2 Å². The Hall–Kier alpha value is -1.84. The molecular formula is C36H46O3. The summed E-state index contributed by atoms with van der Waals surface area (Å²) >= 11 is 0. The van der Waals surface area contributed by atoms with E-state index in [-0.39, 0.29) is 23.0 Å².